The Hall–Kier alpha value is -2.12. The number of sulfone groups is 1. The molecule has 0 spiro atoms. The van der Waals surface area contributed by atoms with Crippen LogP contribution in [0.25, 0.3) is 5.57 Å². The highest BCUT2D eigenvalue weighted by atomic mass is 35.5. The van der Waals surface area contributed by atoms with E-state index >= 15 is 0 Å². The SMILES string of the molecule is C=C(C)c1cc(C2CN=C(C(C)(C)S(=O)(=O)c3ccc(Cl)cc3)O2)n(C)n1. The minimum atomic E-state index is -3.71. The van der Waals surface area contributed by atoms with Crippen molar-refractivity contribution >= 4 is 32.9 Å². The third kappa shape index (κ3) is 3.41. The fourth-order valence-electron chi connectivity index (χ4n) is 2.88. The Labute approximate surface area is 164 Å². The topological polar surface area (TPSA) is 73.6 Å². The lowest BCUT2D eigenvalue weighted by Gasteiger charge is -2.25. The quantitative estimate of drug-likeness (QED) is 0.754. The second-order valence-electron chi connectivity index (χ2n) is 7.08. The highest BCUT2D eigenvalue weighted by molar-refractivity contribution is 7.93. The molecule has 0 fully saturated rings. The number of nitrogens with zero attached hydrogens (tertiary/aromatic N) is 3. The monoisotopic (exact) mass is 407 g/mol. The smallest absolute Gasteiger partial charge is 0.205 e. The Kier molecular flexibility index (Phi) is 4.94. The third-order valence-electron chi connectivity index (χ3n) is 4.65. The van der Waals surface area contributed by atoms with Gasteiger partial charge in [-0.05, 0) is 56.7 Å². The van der Waals surface area contributed by atoms with Crippen LogP contribution < -0.4 is 0 Å². The van der Waals surface area contributed by atoms with Gasteiger partial charge in [0.2, 0.25) is 5.90 Å². The largest absolute Gasteiger partial charge is 0.468 e. The molecular formula is C19H22ClN3O3S. The van der Waals surface area contributed by atoms with E-state index in [1.54, 1.807) is 30.7 Å². The maximum Gasteiger partial charge on any atom is 0.205 e. The van der Waals surface area contributed by atoms with E-state index in [-0.39, 0.29) is 16.9 Å². The number of hydrogen-bond acceptors (Lipinski definition) is 5. The average molecular weight is 408 g/mol. The number of hydrogen-bond donors (Lipinski definition) is 0. The van der Waals surface area contributed by atoms with Gasteiger partial charge < -0.3 is 4.74 Å². The average Bonchev–Trinajstić information content (AvgIpc) is 3.22. The predicted molar refractivity (Wildman–Crippen MR) is 107 cm³/mol. The van der Waals surface area contributed by atoms with Gasteiger partial charge in [-0.3, -0.25) is 4.68 Å². The lowest BCUT2D eigenvalue weighted by molar-refractivity contribution is 0.209. The highest BCUT2D eigenvalue weighted by Crippen LogP contribution is 2.34. The van der Waals surface area contributed by atoms with Crippen LogP contribution in [0, 0.1) is 0 Å². The number of aryl methyl sites for hydroxylation is 1. The molecule has 0 saturated heterocycles. The normalized spacial score (nSPS) is 17.5. The van der Waals surface area contributed by atoms with Crippen molar-refractivity contribution in [2.24, 2.45) is 12.0 Å². The first-order chi connectivity index (χ1) is 12.5. The van der Waals surface area contributed by atoms with Crippen LogP contribution in [-0.2, 0) is 21.6 Å². The third-order valence-corrected chi connectivity index (χ3v) is 7.31. The predicted octanol–water partition coefficient (Wildman–Crippen LogP) is 3.83. The molecule has 3 rings (SSSR count). The van der Waals surface area contributed by atoms with E-state index in [9.17, 15) is 8.42 Å². The summed E-state index contributed by atoms with van der Waals surface area (Å²) < 4.78 is 32.6. The zero-order valence-corrected chi connectivity index (χ0v) is 17.3. The molecular weight excluding hydrogens is 386 g/mol. The molecule has 1 unspecified atom stereocenters. The van der Waals surface area contributed by atoms with Gasteiger partial charge in [0, 0.05) is 12.1 Å². The van der Waals surface area contributed by atoms with Gasteiger partial charge in [-0.15, -0.1) is 0 Å². The molecule has 0 saturated carbocycles. The summed E-state index contributed by atoms with van der Waals surface area (Å²) >= 11 is 5.87. The number of ether oxygens (including phenoxy) is 1. The van der Waals surface area contributed by atoms with Crippen molar-refractivity contribution in [3.05, 3.63) is 53.3 Å². The lowest BCUT2D eigenvalue weighted by Crippen LogP contribution is -2.41. The second kappa shape index (κ2) is 6.80. The molecule has 144 valence electrons. The Morgan fingerprint density at radius 2 is 1.96 bits per heavy atom. The van der Waals surface area contributed by atoms with Gasteiger partial charge in [-0.2, -0.15) is 5.10 Å². The van der Waals surface area contributed by atoms with Crippen molar-refractivity contribution < 1.29 is 13.2 Å². The lowest BCUT2D eigenvalue weighted by atomic mass is 10.2. The standard InChI is InChI=1S/C19H22ClN3O3S/c1-12(2)15-10-16(23(5)22-15)17-11-21-18(26-17)19(3,4)27(24,25)14-8-6-13(20)7-9-14/h6-10,17H,1,11H2,2-5H3. The molecule has 1 aliphatic rings. The fourth-order valence-corrected chi connectivity index (χ4v) is 4.43. The van der Waals surface area contributed by atoms with E-state index in [2.05, 4.69) is 16.7 Å². The summed E-state index contributed by atoms with van der Waals surface area (Å²) in [7, 11) is -1.90. The Bertz CT molecular complexity index is 1020. The molecule has 0 N–H and O–H groups in total. The van der Waals surface area contributed by atoms with Crippen molar-refractivity contribution in [3.8, 4) is 0 Å². The van der Waals surface area contributed by atoms with Crippen LogP contribution in [-0.4, -0.2) is 35.4 Å². The Morgan fingerprint density at radius 1 is 1.33 bits per heavy atom. The first-order valence-electron chi connectivity index (χ1n) is 8.45. The number of allylic oxidation sites excluding steroid dienone is 1. The van der Waals surface area contributed by atoms with Gasteiger partial charge >= 0.3 is 0 Å². The molecule has 1 atom stereocenters. The highest BCUT2D eigenvalue weighted by Gasteiger charge is 2.45. The van der Waals surface area contributed by atoms with Gasteiger partial charge in [0.15, 0.2) is 15.9 Å². The van der Waals surface area contributed by atoms with E-state index in [0.717, 1.165) is 17.0 Å². The molecule has 8 heteroatoms. The van der Waals surface area contributed by atoms with E-state index in [1.807, 2.05) is 20.0 Å². The summed E-state index contributed by atoms with van der Waals surface area (Å²) in [6.07, 6.45) is -0.384. The van der Waals surface area contributed by atoms with Crippen LogP contribution in [0.5, 0.6) is 0 Å². The first kappa shape index (κ1) is 19.6. The molecule has 0 bridgehead atoms. The van der Waals surface area contributed by atoms with Crippen LogP contribution in [0.1, 0.15) is 38.3 Å². The maximum absolute atomic E-state index is 13.1. The van der Waals surface area contributed by atoms with Gasteiger partial charge in [0.25, 0.3) is 0 Å². The first-order valence-corrected chi connectivity index (χ1v) is 10.3. The number of halogens is 1. The maximum atomic E-state index is 13.1. The Balaban J connectivity index is 1.87. The van der Waals surface area contributed by atoms with Gasteiger partial charge in [0.1, 0.15) is 4.75 Å². The fraction of sp³-hybridized carbons (Fsp3) is 0.368. The summed E-state index contributed by atoms with van der Waals surface area (Å²) in [5.74, 6) is 0.195. The molecule has 0 amide bonds. The van der Waals surface area contributed by atoms with Crippen molar-refractivity contribution in [2.45, 2.75) is 36.5 Å². The summed E-state index contributed by atoms with van der Waals surface area (Å²) in [4.78, 5) is 4.57. The zero-order chi connectivity index (χ0) is 20.0. The minimum absolute atomic E-state index is 0.178. The number of aliphatic imine (C=N–C) groups is 1. The molecule has 1 aromatic carbocycles. The second-order valence-corrected chi connectivity index (χ2v) is 10.0. The molecule has 27 heavy (non-hydrogen) atoms. The summed E-state index contributed by atoms with van der Waals surface area (Å²) in [5.41, 5.74) is 2.45. The zero-order valence-electron chi connectivity index (χ0n) is 15.7. The van der Waals surface area contributed by atoms with Crippen LogP contribution >= 0.6 is 11.6 Å². The van der Waals surface area contributed by atoms with Crippen LogP contribution in [0.4, 0.5) is 0 Å². The summed E-state index contributed by atoms with van der Waals surface area (Å²) in [5, 5.41) is 4.88. The van der Waals surface area contributed by atoms with E-state index < -0.39 is 14.6 Å². The molecule has 2 aromatic rings. The van der Waals surface area contributed by atoms with Crippen LogP contribution in [0.3, 0.4) is 0 Å². The summed E-state index contributed by atoms with van der Waals surface area (Å²) in [6.45, 7) is 9.31. The van der Waals surface area contributed by atoms with E-state index in [1.165, 1.54) is 12.1 Å². The summed E-state index contributed by atoms with van der Waals surface area (Å²) in [6, 6.07) is 7.99. The molecule has 0 aliphatic carbocycles. The molecule has 0 radical (unpaired) electrons. The van der Waals surface area contributed by atoms with Crippen molar-refractivity contribution in [3.63, 3.8) is 0 Å². The van der Waals surface area contributed by atoms with Crippen molar-refractivity contribution in [1.29, 1.82) is 0 Å². The van der Waals surface area contributed by atoms with Gasteiger partial charge in [0.05, 0.1) is 22.8 Å². The van der Waals surface area contributed by atoms with E-state index in [0.29, 0.717) is 11.6 Å². The molecule has 1 aliphatic heterocycles. The van der Waals surface area contributed by atoms with Gasteiger partial charge in [-0.1, -0.05) is 18.2 Å². The van der Waals surface area contributed by atoms with E-state index in [4.69, 9.17) is 16.3 Å². The Morgan fingerprint density at radius 3 is 2.52 bits per heavy atom. The minimum Gasteiger partial charge on any atom is -0.468 e. The van der Waals surface area contributed by atoms with Gasteiger partial charge in [-0.25, -0.2) is 13.4 Å². The van der Waals surface area contributed by atoms with Crippen molar-refractivity contribution in [2.75, 3.05) is 6.54 Å². The molecule has 1 aromatic heterocycles. The number of rotatable bonds is 5. The number of benzene rings is 1. The van der Waals surface area contributed by atoms with Crippen LogP contribution in [0.2, 0.25) is 5.02 Å². The molecule has 6 nitrogen and oxygen atoms in total. The van der Waals surface area contributed by atoms with Crippen LogP contribution in [0.15, 0.2) is 46.8 Å². The number of aromatic nitrogens is 2. The molecule has 2 heterocycles. The van der Waals surface area contributed by atoms with Crippen molar-refractivity contribution in [1.82, 2.24) is 9.78 Å².